The number of carbonyl (C=O) groups is 2. The highest BCUT2D eigenvalue weighted by Gasteiger charge is 2.42. The number of carbonyl (C=O) groups excluding carboxylic acids is 1. The Morgan fingerprint density at radius 2 is 2.00 bits per heavy atom. The van der Waals surface area contributed by atoms with Crippen LogP contribution in [0.5, 0.6) is 0 Å². The Hall–Kier alpha value is -1.26. The molecule has 5 heteroatoms. The van der Waals surface area contributed by atoms with Crippen LogP contribution in [0.3, 0.4) is 0 Å². The molecule has 3 N–H and O–H groups in total. The second-order valence-electron chi connectivity index (χ2n) is 6.04. The molecule has 4 unspecified atom stereocenters. The van der Waals surface area contributed by atoms with E-state index in [-0.39, 0.29) is 12.1 Å². The normalized spacial score (nSPS) is 31.8. The van der Waals surface area contributed by atoms with Gasteiger partial charge in [0.2, 0.25) is 0 Å². The number of fused-ring (bicyclic) bond motifs is 2. The minimum absolute atomic E-state index is 0.126. The lowest BCUT2D eigenvalue weighted by Crippen LogP contribution is -2.50. The lowest BCUT2D eigenvalue weighted by Gasteiger charge is -2.29. The molecule has 0 spiro atoms. The van der Waals surface area contributed by atoms with E-state index in [4.69, 9.17) is 5.11 Å². The number of carboxylic acid groups (broad SMARTS) is 1. The highest BCUT2D eigenvalue weighted by atomic mass is 16.4. The zero-order valence-electron chi connectivity index (χ0n) is 11.7. The molecular weight excluding hydrogens is 244 g/mol. The molecule has 5 atom stereocenters. The molecule has 0 aromatic carbocycles. The van der Waals surface area contributed by atoms with Crippen molar-refractivity contribution in [3.05, 3.63) is 0 Å². The molecule has 2 fully saturated rings. The fourth-order valence-electron chi connectivity index (χ4n) is 3.76. The van der Waals surface area contributed by atoms with Gasteiger partial charge in [0.05, 0.1) is 0 Å². The lowest BCUT2D eigenvalue weighted by molar-refractivity contribution is -0.139. The zero-order chi connectivity index (χ0) is 14.0. The molecule has 2 saturated carbocycles. The number of nitrogens with one attached hydrogen (secondary N) is 2. The van der Waals surface area contributed by atoms with Crippen LogP contribution >= 0.6 is 0 Å². The third-order valence-electron chi connectivity index (χ3n) is 4.81. The molecule has 19 heavy (non-hydrogen) atoms. The minimum atomic E-state index is -0.981. The highest BCUT2D eigenvalue weighted by Crippen LogP contribution is 2.49. The van der Waals surface area contributed by atoms with Crippen molar-refractivity contribution < 1.29 is 14.7 Å². The van der Waals surface area contributed by atoms with E-state index >= 15 is 0 Å². The fraction of sp³-hybridized carbons (Fsp3) is 0.857. The number of amides is 2. The molecule has 2 aliphatic carbocycles. The van der Waals surface area contributed by atoms with Crippen molar-refractivity contribution in [2.24, 2.45) is 17.8 Å². The number of aliphatic carboxylic acids is 1. The Kier molecular flexibility index (Phi) is 4.32. The quantitative estimate of drug-likeness (QED) is 0.713. The summed E-state index contributed by atoms with van der Waals surface area (Å²) in [6, 6.07) is -1.03. The van der Waals surface area contributed by atoms with Crippen molar-refractivity contribution in [3.63, 3.8) is 0 Å². The third-order valence-corrected chi connectivity index (χ3v) is 4.81. The molecule has 0 aliphatic heterocycles. The summed E-state index contributed by atoms with van der Waals surface area (Å²) in [5.74, 6) is 1.19. The van der Waals surface area contributed by atoms with Crippen molar-refractivity contribution >= 4 is 12.0 Å². The molecule has 2 bridgehead atoms. The van der Waals surface area contributed by atoms with Crippen LogP contribution in [-0.2, 0) is 4.79 Å². The number of carboxylic acids is 1. The summed E-state index contributed by atoms with van der Waals surface area (Å²) < 4.78 is 0. The molecule has 0 heterocycles. The maximum atomic E-state index is 11.8. The summed E-state index contributed by atoms with van der Waals surface area (Å²) in [7, 11) is 0. The first-order chi connectivity index (χ1) is 9.01. The number of hydrogen-bond donors (Lipinski definition) is 3. The second kappa shape index (κ2) is 5.80. The van der Waals surface area contributed by atoms with Gasteiger partial charge in [0.25, 0.3) is 0 Å². The van der Waals surface area contributed by atoms with Gasteiger partial charge in [-0.05, 0) is 50.4 Å². The third kappa shape index (κ3) is 3.19. The molecule has 0 radical (unpaired) electrons. The van der Waals surface area contributed by atoms with Crippen molar-refractivity contribution in [1.29, 1.82) is 0 Å². The Morgan fingerprint density at radius 3 is 2.47 bits per heavy atom. The van der Waals surface area contributed by atoms with Crippen LogP contribution < -0.4 is 10.6 Å². The number of hydrogen-bond acceptors (Lipinski definition) is 2. The maximum Gasteiger partial charge on any atom is 0.326 e. The van der Waals surface area contributed by atoms with E-state index in [1.54, 1.807) is 6.92 Å². The summed E-state index contributed by atoms with van der Waals surface area (Å²) in [5.41, 5.74) is 0. The summed E-state index contributed by atoms with van der Waals surface area (Å²) in [6.07, 6.45) is 5.55. The van der Waals surface area contributed by atoms with Crippen LogP contribution in [-0.4, -0.2) is 29.2 Å². The second-order valence-corrected chi connectivity index (χ2v) is 6.04. The van der Waals surface area contributed by atoms with Crippen molar-refractivity contribution in [2.75, 3.05) is 0 Å². The van der Waals surface area contributed by atoms with E-state index < -0.39 is 12.0 Å². The molecule has 0 saturated heterocycles. The van der Waals surface area contributed by atoms with Gasteiger partial charge >= 0.3 is 12.0 Å². The van der Waals surface area contributed by atoms with Gasteiger partial charge in [-0.25, -0.2) is 9.59 Å². The first-order valence-electron chi connectivity index (χ1n) is 7.31. The van der Waals surface area contributed by atoms with E-state index in [0.717, 1.165) is 11.8 Å². The smallest absolute Gasteiger partial charge is 0.326 e. The standard InChI is InChI=1S/C14H24N2O3/c1-3-12(13(17)18)16-14(19)15-8(2)11-7-9-4-5-10(11)6-9/h8-12H,3-7H2,1-2H3,(H,17,18)(H2,15,16,19)/t8?,9?,10?,11?,12-/m1/s1. The minimum Gasteiger partial charge on any atom is -0.480 e. The average molecular weight is 268 g/mol. The van der Waals surface area contributed by atoms with E-state index in [1.807, 2.05) is 6.92 Å². The predicted molar refractivity (Wildman–Crippen MR) is 71.8 cm³/mol. The number of rotatable bonds is 5. The van der Waals surface area contributed by atoms with Gasteiger partial charge in [-0.2, -0.15) is 0 Å². The van der Waals surface area contributed by atoms with Gasteiger partial charge in [0, 0.05) is 6.04 Å². The Bertz CT molecular complexity index is 359. The van der Waals surface area contributed by atoms with Gasteiger partial charge in [0.15, 0.2) is 0 Å². The van der Waals surface area contributed by atoms with Crippen LogP contribution in [0.2, 0.25) is 0 Å². The monoisotopic (exact) mass is 268 g/mol. The van der Waals surface area contributed by atoms with E-state index in [0.29, 0.717) is 12.3 Å². The Morgan fingerprint density at radius 1 is 1.26 bits per heavy atom. The van der Waals surface area contributed by atoms with Crippen LogP contribution in [0.25, 0.3) is 0 Å². The van der Waals surface area contributed by atoms with Gasteiger partial charge in [-0.1, -0.05) is 13.3 Å². The van der Waals surface area contributed by atoms with Crippen LogP contribution in [0.15, 0.2) is 0 Å². The fourth-order valence-corrected chi connectivity index (χ4v) is 3.76. The summed E-state index contributed by atoms with van der Waals surface area (Å²) in [4.78, 5) is 22.7. The molecule has 0 aromatic heterocycles. The topological polar surface area (TPSA) is 78.4 Å². The highest BCUT2D eigenvalue weighted by molar-refractivity contribution is 5.82. The predicted octanol–water partition coefficient (Wildman–Crippen LogP) is 1.97. The molecule has 108 valence electrons. The molecule has 2 aliphatic rings. The van der Waals surface area contributed by atoms with E-state index in [1.165, 1.54) is 25.7 Å². The van der Waals surface area contributed by atoms with Gasteiger partial charge < -0.3 is 15.7 Å². The zero-order valence-corrected chi connectivity index (χ0v) is 11.7. The first-order valence-corrected chi connectivity index (χ1v) is 7.31. The summed E-state index contributed by atoms with van der Waals surface area (Å²) in [5, 5.41) is 14.3. The lowest BCUT2D eigenvalue weighted by atomic mass is 9.84. The Labute approximate surface area is 114 Å². The van der Waals surface area contributed by atoms with Gasteiger partial charge in [-0.15, -0.1) is 0 Å². The van der Waals surface area contributed by atoms with Crippen LogP contribution in [0, 0.1) is 17.8 Å². The van der Waals surface area contributed by atoms with Crippen molar-refractivity contribution in [3.8, 4) is 0 Å². The molecule has 0 aromatic rings. The molecule has 5 nitrogen and oxygen atoms in total. The summed E-state index contributed by atoms with van der Waals surface area (Å²) in [6.45, 7) is 3.78. The van der Waals surface area contributed by atoms with Crippen molar-refractivity contribution in [1.82, 2.24) is 10.6 Å². The SMILES string of the molecule is CC[C@@H](NC(=O)NC(C)C1CC2CCC1C2)C(=O)O. The van der Waals surface area contributed by atoms with Gasteiger partial charge in [-0.3, -0.25) is 0 Å². The maximum absolute atomic E-state index is 11.8. The number of urea groups is 1. The average Bonchev–Trinajstić information content (AvgIpc) is 2.97. The van der Waals surface area contributed by atoms with Gasteiger partial charge in [0.1, 0.15) is 6.04 Å². The van der Waals surface area contributed by atoms with E-state index in [2.05, 4.69) is 10.6 Å². The van der Waals surface area contributed by atoms with Crippen LogP contribution in [0.4, 0.5) is 4.79 Å². The first kappa shape index (κ1) is 14.2. The molecule has 2 amide bonds. The summed E-state index contributed by atoms with van der Waals surface area (Å²) >= 11 is 0. The largest absolute Gasteiger partial charge is 0.480 e. The van der Waals surface area contributed by atoms with Crippen molar-refractivity contribution in [2.45, 2.75) is 58.0 Å². The van der Waals surface area contributed by atoms with E-state index in [9.17, 15) is 9.59 Å². The molecule has 2 rings (SSSR count). The Balaban J connectivity index is 1.80. The van der Waals surface area contributed by atoms with Crippen LogP contribution in [0.1, 0.15) is 46.0 Å². The molecular formula is C14H24N2O3.